The topological polar surface area (TPSA) is 46.1 Å². The van der Waals surface area contributed by atoms with Gasteiger partial charge in [-0.15, -0.1) is 12.4 Å². The normalized spacial score (nSPS) is 13.4. The number of hydrogen-bond donors (Lipinski definition) is 2. The van der Waals surface area contributed by atoms with Crippen LogP contribution in [0.5, 0.6) is 0 Å². The number of anilines is 1. The Morgan fingerprint density at radius 3 is 2.68 bits per heavy atom. The first-order valence-corrected chi connectivity index (χ1v) is 8.41. The highest BCUT2D eigenvalue weighted by Gasteiger charge is 2.21. The summed E-state index contributed by atoms with van der Waals surface area (Å²) in [7, 11) is 0. The molecule has 0 fully saturated rings. The van der Waals surface area contributed by atoms with Crippen LogP contribution < -0.4 is 10.6 Å². The fraction of sp³-hybridized carbons (Fsp3) is 0.421. The van der Waals surface area contributed by atoms with E-state index in [1.165, 1.54) is 0 Å². The Labute approximate surface area is 154 Å². The molecule has 0 bridgehead atoms. The molecule has 2 N–H and O–H groups in total. The van der Waals surface area contributed by atoms with Crippen molar-refractivity contribution in [2.24, 2.45) is 0 Å². The van der Waals surface area contributed by atoms with Crippen LogP contribution in [-0.2, 0) is 13.0 Å². The number of carbonyl (C=O) groups excluding carboxylic acids is 1. The molecule has 1 aromatic heterocycles. The van der Waals surface area contributed by atoms with Crippen LogP contribution in [0.15, 0.2) is 18.2 Å². The molecule has 1 amide bonds. The van der Waals surface area contributed by atoms with Gasteiger partial charge in [0.15, 0.2) is 0 Å². The lowest BCUT2D eigenvalue weighted by molar-refractivity contribution is 0.102. The lowest BCUT2D eigenvalue weighted by Gasteiger charge is -2.19. The summed E-state index contributed by atoms with van der Waals surface area (Å²) in [5.74, 6) is -0.567. The summed E-state index contributed by atoms with van der Waals surface area (Å²) in [4.78, 5) is 12.6. The van der Waals surface area contributed by atoms with Gasteiger partial charge in [0, 0.05) is 24.0 Å². The minimum absolute atomic E-state index is 0. The van der Waals surface area contributed by atoms with Crippen molar-refractivity contribution in [2.75, 3.05) is 11.9 Å². The smallest absolute Gasteiger partial charge is 0.257 e. The first kappa shape index (κ1) is 19.5. The van der Waals surface area contributed by atoms with E-state index < -0.39 is 0 Å². The first-order valence-electron chi connectivity index (χ1n) is 8.41. The van der Waals surface area contributed by atoms with E-state index in [1.54, 1.807) is 6.07 Å². The molecule has 0 aliphatic carbocycles. The lowest BCUT2D eigenvalue weighted by atomic mass is 9.99. The number of fused-ring (bicyclic) bond motifs is 1. The van der Waals surface area contributed by atoms with E-state index in [2.05, 4.69) is 29.0 Å². The molecule has 0 unspecified atom stereocenters. The summed E-state index contributed by atoms with van der Waals surface area (Å²) in [6.45, 7) is 9.51. The van der Waals surface area contributed by atoms with E-state index in [4.69, 9.17) is 0 Å². The number of aryl methyl sites for hydroxylation is 1. The van der Waals surface area contributed by atoms with Crippen molar-refractivity contribution in [3.05, 3.63) is 52.1 Å². The zero-order valence-electron chi connectivity index (χ0n) is 15.1. The van der Waals surface area contributed by atoms with Gasteiger partial charge >= 0.3 is 0 Å². The zero-order valence-corrected chi connectivity index (χ0v) is 15.9. The molecule has 1 aromatic carbocycles. The largest absolute Gasteiger partial charge is 0.346 e. The quantitative estimate of drug-likeness (QED) is 0.858. The molecule has 3 rings (SSSR count). The standard InChI is InChI=1S/C19H24FN3O.ClH/c1-11(2)23-12(3)9-16(13(23)4)19(24)22-17-6-5-14-10-21-8-7-15(14)18(17)20;/h5-6,9,11,21H,7-8,10H2,1-4H3,(H,22,24);1H. The molecule has 4 nitrogen and oxygen atoms in total. The van der Waals surface area contributed by atoms with Crippen molar-refractivity contribution < 1.29 is 9.18 Å². The predicted molar refractivity (Wildman–Crippen MR) is 101 cm³/mol. The van der Waals surface area contributed by atoms with E-state index in [0.29, 0.717) is 24.1 Å². The number of aromatic nitrogens is 1. The van der Waals surface area contributed by atoms with Gasteiger partial charge in [0.25, 0.3) is 5.91 Å². The number of benzene rings is 1. The molecule has 1 aliphatic rings. The second-order valence-electron chi connectivity index (χ2n) is 6.69. The highest BCUT2D eigenvalue weighted by molar-refractivity contribution is 6.05. The fourth-order valence-corrected chi connectivity index (χ4v) is 3.62. The highest BCUT2D eigenvalue weighted by atomic mass is 35.5. The molecule has 0 spiro atoms. The molecule has 0 radical (unpaired) electrons. The van der Waals surface area contributed by atoms with E-state index in [0.717, 1.165) is 23.5 Å². The monoisotopic (exact) mass is 365 g/mol. The maximum atomic E-state index is 14.7. The van der Waals surface area contributed by atoms with Crippen LogP contribution in [0, 0.1) is 19.7 Å². The maximum absolute atomic E-state index is 14.7. The number of carbonyl (C=O) groups is 1. The second-order valence-corrected chi connectivity index (χ2v) is 6.69. The van der Waals surface area contributed by atoms with E-state index in [9.17, 15) is 9.18 Å². The van der Waals surface area contributed by atoms with Crippen LogP contribution >= 0.6 is 12.4 Å². The molecule has 25 heavy (non-hydrogen) atoms. The van der Waals surface area contributed by atoms with E-state index in [-0.39, 0.29) is 35.9 Å². The minimum atomic E-state index is -0.306. The van der Waals surface area contributed by atoms with Crippen molar-refractivity contribution >= 4 is 24.0 Å². The molecule has 2 heterocycles. The zero-order chi connectivity index (χ0) is 17.4. The first-order chi connectivity index (χ1) is 11.4. The summed E-state index contributed by atoms with van der Waals surface area (Å²) in [6, 6.07) is 5.68. The highest BCUT2D eigenvalue weighted by Crippen LogP contribution is 2.26. The van der Waals surface area contributed by atoms with Crippen molar-refractivity contribution in [1.29, 1.82) is 0 Å². The third-order valence-electron chi connectivity index (χ3n) is 4.70. The molecule has 0 saturated carbocycles. The fourth-order valence-electron chi connectivity index (χ4n) is 3.62. The molecular formula is C19H25ClFN3O. The van der Waals surface area contributed by atoms with Gasteiger partial charge in [-0.05, 0) is 63.9 Å². The Balaban J connectivity index is 0.00000225. The molecule has 2 aromatic rings. The summed E-state index contributed by atoms with van der Waals surface area (Å²) < 4.78 is 16.8. The van der Waals surface area contributed by atoms with Gasteiger partial charge < -0.3 is 15.2 Å². The Morgan fingerprint density at radius 1 is 1.32 bits per heavy atom. The second kappa shape index (κ2) is 7.58. The van der Waals surface area contributed by atoms with Crippen molar-refractivity contribution in [3.63, 3.8) is 0 Å². The average molecular weight is 366 g/mol. The van der Waals surface area contributed by atoms with Crippen molar-refractivity contribution in [2.45, 2.75) is 46.7 Å². The summed E-state index contributed by atoms with van der Waals surface area (Å²) in [5, 5.41) is 5.97. The van der Waals surface area contributed by atoms with Gasteiger partial charge in [-0.25, -0.2) is 4.39 Å². The van der Waals surface area contributed by atoms with Crippen LogP contribution in [0.25, 0.3) is 0 Å². The molecule has 1 aliphatic heterocycles. The van der Waals surface area contributed by atoms with Gasteiger partial charge in [0.2, 0.25) is 0 Å². The molecule has 6 heteroatoms. The Hall–Kier alpha value is -1.85. The molecule has 0 atom stereocenters. The number of hydrogen-bond acceptors (Lipinski definition) is 2. The van der Waals surface area contributed by atoms with Crippen molar-refractivity contribution in [3.8, 4) is 0 Å². The van der Waals surface area contributed by atoms with Crippen LogP contribution in [0.1, 0.15) is 52.8 Å². The Morgan fingerprint density at radius 2 is 2.04 bits per heavy atom. The van der Waals surface area contributed by atoms with Crippen LogP contribution in [-0.4, -0.2) is 17.0 Å². The van der Waals surface area contributed by atoms with Gasteiger partial charge in [0.05, 0.1) is 11.3 Å². The van der Waals surface area contributed by atoms with Crippen LogP contribution in [0.2, 0.25) is 0 Å². The van der Waals surface area contributed by atoms with Gasteiger partial charge in [-0.3, -0.25) is 4.79 Å². The van der Waals surface area contributed by atoms with E-state index >= 15 is 0 Å². The van der Waals surface area contributed by atoms with Gasteiger partial charge in [-0.2, -0.15) is 0 Å². The number of nitrogens with one attached hydrogen (secondary N) is 2. The molecule has 136 valence electrons. The SMILES string of the molecule is Cc1cc(C(=O)Nc2ccc3c(c2F)CCNC3)c(C)n1C(C)C.Cl. The van der Waals surface area contributed by atoms with Crippen LogP contribution in [0.4, 0.5) is 10.1 Å². The predicted octanol–water partition coefficient (Wildman–Crippen LogP) is 4.14. The maximum Gasteiger partial charge on any atom is 0.257 e. The summed E-state index contributed by atoms with van der Waals surface area (Å²) in [6.07, 6.45) is 0.646. The van der Waals surface area contributed by atoms with Crippen molar-refractivity contribution in [1.82, 2.24) is 9.88 Å². The van der Waals surface area contributed by atoms with E-state index in [1.807, 2.05) is 26.0 Å². The minimum Gasteiger partial charge on any atom is -0.346 e. The third kappa shape index (κ3) is 3.58. The van der Waals surface area contributed by atoms with Gasteiger partial charge in [-0.1, -0.05) is 6.07 Å². The molecular weight excluding hydrogens is 341 g/mol. The van der Waals surface area contributed by atoms with Crippen LogP contribution in [0.3, 0.4) is 0 Å². The number of rotatable bonds is 3. The average Bonchev–Trinajstić information content (AvgIpc) is 2.85. The molecule has 0 saturated heterocycles. The summed E-state index contributed by atoms with van der Waals surface area (Å²) >= 11 is 0. The number of amides is 1. The summed E-state index contributed by atoms with van der Waals surface area (Å²) in [5.41, 5.74) is 4.47. The number of nitrogens with zero attached hydrogens (tertiary/aromatic N) is 1. The Bertz CT molecular complexity index is 798. The number of halogens is 2. The van der Waals surface area contributed by atoms with Gasteiger partial charge in [0.1, 0.15) is 5.82 Å². The lowest BCUT2D eigenvalue weighted by Crippen LogP contribution is -2.25. The third-order valence-corrected chi connectivity index (χ3v) is 4.70. The Kier molecular flexibility index (Phi) is 5.91.